The normalized spacial score (nSPS) is 15.3. The van der Waals surface area contributed by atoms with E-state index in [2.05, 4.69) is 4.72 Å². The second kappa shape index (κ2) is 7.48. The van der Waals surface area contributed by atoms with Crippen LogP contribution in [0.4, 0.5) is 10.1 Å². The first kappa shape index (κ1) is 19.0. The minimum atomic E-state index is -3.57. The van der Waals surface area contributed by atoms with Crippen LogP contribution in [0.1, 0.15) is 40.7 Å². The van der Waals surface area contributed by atoms with Crippen LogP contribution in [0.2, 0.25) is 0 Å². The molecule has 27 heavy (non-hydrogen) atoms. The predicted molar refractivity (Wildman–Crippen MR) is 96.9 cm³/mol. The average molecular weight is 391 g/mol. The number of hydrogen-bond donors (Lipinski definition) is 2. The number of Topliss-reactive ketones (excluding diaryl/α,β-unsaturated/α-hetero) is 1. The van der Waals surface area contributed by atoms with Crippen molar-refractivity contribution in [1.82, 2.24) is 0 Å². The van der Waals surface area contributed by atoms with E-state index in [1.54, 1.807) is 0 Å². The van der Waals surface area contributed by atoms with E-state index in [9.17, 15) is 22.4 Å². The Morgan fingerprint density at radius 1 is 1.04 bits per heavy atom. The van der Waals surface area contributed by atoms with Crippen LogP contribution in [0.5, 0.6) is 0 Å². The highest BCUT2D eigenvalue weighted by molar-refractivity contribution is 7.92. The third-order valence-electron chi connectivity index (χ3n) is 4.46. The van der Waals surface area contributed by atoms with Crippen molar-refractivity contribution in [3.8, 4) is 0 Å². The maximum Gasteiger partial charge on any atom is 0.303 e. The van der Waals surface area contributed by atoms with Crippen molar-refractivity contribution >= 4 is 27.5 Å². The Bertz CT molecular complexity index is 1020. The first-order chi connectivity index (χ1) is 12.8. The molecule has 0 saturated carbocycles. The fourth-order valence-corrected chi connectivity index (χ4v) is 4.21. The summed E-state index contributed by atoms with van der Waals surface area (Å²) in [6, 6.07) is 9.64. The van der Waals surface area contributed by atoms with Gasteiger partial charge in [0.2, 0.25) is 0 Å². The molecule has 5 rings (SSSR count). The first-order valence-electron chi connectivity index (χ1n) is 8.45. The number of carboxylic acid groups (broad SMARTS) is 1. The van der Waals surface area contributed by atoms with Gasteiger partial charge in [0.05, 0.1) is 12.1 Å². The minimum absolute atomic E-state index is 0.0721. The number of aryl methyl sites for hydroxylation is 2. The van der Waals surface area contributed by atoms with Gasteiger partial charge in [0.1, 0.15) is 10.7 Å². The molecule has 0 atom stereocenters. The van der Waals surface area contributed by atoms with Crippen molar-refractivity contribution in [1.29, 1.82) is 0 Å². The number of fused-ring (bicyclic) bond motifs is 4. The zero-order valence-corrected chi connectivity index (χ0v) is 15.2. The van der Waals surface area contributed by atoms with E-state index in [0.29, 0.717) is 5.56 Å². The molecule has 0 saturated heterocycles. The smallest absolute Gasteiger partial charge is 0.303 e. The number of ketones is 1. The molecule has 8 heteroatoms. The maximum absolute atomic E-state index is 12.7. The van der Waals surface area contributed by atoms with Crippen LogP contribution < -0.4 is 4.72 Å². The van der Waals surface area contributed by atoms with Crippen LogP contribution in [0, 0.1) is 5.82 Å². The van der Waals surface area contributed by atoms with Crippen molar-refractivity contribution in [3.63, 3.8) is 0 Å². The Morgan fingerprint density at radius 3 is 2.37 bits per heavy atom. The van der Waals surface area contributed by atoms with Crippen LogP contribution >= 0.6 is 0 Å². The van der Waals surface area contributed by atoms with Crippen LogP contribution in [0.25, 0.3) is 0 Å². The Morgan fingerprint density at radius 2 is 1.78 bits per heavy atom. The summed E-state index contributed by atoms with van der Waals surface area (Å²) in [6.07, 6.45) is 3.29. The molecule has 2 N–H and O–H groups in total. The number of aliphatic carboxylic acids is 1. The van der Waals surface area contributed by atoms with Crippen molar-refractivity contribution < 1.29 is 27.5 Å². The lowest BCUT2D eigenvalue weighted by Gasteiger charge is -2.15. The summed E-state index contributed by atoms with van der Waals surface area (Å²) in [7, 11) is -3.57. The van der Waals surface area contributed by atoms with Crippen molar-refractivity contribution in [2.75, 3.05) is 4.72 Å². The lowest BCUT2D eigenvalue weighted by molar-refractivity contribution is -0.136. The number of hydrogen-bond acceptors (Lipinski definition) is 4. The Hall–Kier alpha value is -2.74. The summed E-state index contributed by atoms with van der Waals surface area (Å²) in [5.41, 5.74) is 3.51. The molecule has 0 unspecified atom stereocenters. The number of rotatable bonds is 4. The SMILES string of the molecule is O=C(O)CCC(=O)c1ccc2c(c1)CCC2.O=S1(=O)Nc2ccc1c(F)c2. The van der Waals surface area contributed by atoms with Gasteiger partial charge in [-0.1, -0.05) is 12.1 Å². The van der Waals surface area contributed by atoms with E-state index < -0.39 is 21.8 Å². The van der Waals surface area contributed by atoms with Gasteiger partial charge < -0.3 is 5.11 Å². The third kappa shape index (κ3) is 4.33. The van der Waals surface area contributed by atoms with Gasteiger partial charge >= 0.3 is 5.97 Å². The predicted octanol–water partition coefficient (Wildman–Crippen LogP) is 3.16. The molecule has 0 spiro atoms. The van der Waals surface area contributed by atoms with Crippen molar-refractivity contribution in [2.24, 2.45) is 0 Å². The summed E-state index contributed by atoms with van der Waals surface area (Å²) in [6.45, 7) is 0. The van der Waals surface area contributed by atoms with E-state index >= 15 is 0 Å². The van der Waals surface area contributed by atoms with Gasteiger partial charge in [-0.25, -0.2) is 12.8 Å². The fraction of sp³-hybridized carbons (Fsp3) is 0.263. The molecule has 2 heterocycles. The van der Waals surface area contributed by atoms with Crippen molar-refractivity contribution in [3.05, 3.63) is 58.9 Å². The van der Waals surface area contributed by atoms with Crippen LogP contribution in [0.3, 0.4) is 0 Å². The van der Waals surface area contributed by atoms with Gasteiger partial charge in [0.25, 0.3) is 10.0 Å². The molecule has 3 aliphatic rings. The molecule has 0 fully saturated rings. The second-order valence-corrected chi connectivity index (χ2v) is 8.06. The molecule has 2 aromatic carbocycles. The minimum Gasteiger partial charge on any atom is -0.481 e. The van der Waals surface area contributed by atoms with E-state index in [0.717, 1.165) is 25.3 Å². The monoisotopic (exact) mass is 391 g/mol. The average Bonchev–Trinajstić information content (AvgIpc) is 3.06. The second-order valence-electron chi connectivity index (χ2n) is 6.40. The Kier molecular flexibility index (Phi) is 5.27. The maximum atomic E-state index is 12.7. The van der Waals surface area contributed by atoms with E-state index in [-0.39, 0.29) is 29.2 Å². The van der Waals surface area contributed by atoms with Crippen LogP contribution in [-0.2, 0) is 27.7 Å². The quantitative estimate of drug-likeness (QED) is 0.780. The van der Waals surface area contributed by atoms with Crippen LogP contribution in [-0.4, -0.2) is 25.3 Å². The molecule has 0 aromatic heterocycles. The number of halogens is 1. The van der Waals surface area contributed by atoms with E-state index in [1.807, 2.05) is 18.2 Å². The highest BCUT2D eigenvalue weighted by Crippen LogP contribution is 2.27. The highest BCUT2D eigenvalue weighted by atomic mass is 32.2. The molecule has 6 nitrogen and oxygen atoms in total. The summed E-state index contributed by atoms with van der Waals surface area (Å²) in [4.78, 5) is 21.8. The molecular weight excluding hydrogens is 373 g/mol. The summed E-state index contributed by atoms with van der Waals surface area (Å²) < 4.78 is 36.8. The molecule has 142 valence electrons. The number of carbonyl (C=O) groups excluding carboxylic acids is 1. The van der Waals surface area contributed by atoms with E-state index in [1.165, 1.54) is 23.3 Å². The molecule has 0 amide bonds. The molecule has 0 radical (unpaired) electrons. The van der Waals surface area contributed by atoms with E-state index in [4.69, 9.17) is 5.11 Å². The molecule has 2 aliphatic heterocycles. The molecule has 2 bridgehead atoms. The standard InChI is InChI=1S/C13H14O3.C6H4FNO2S/c14-12(6-7-13(15)16)11-5-4-9-2-1-3-10(9)8-11;7-5-3-4-1-2-6(5)11(9,10)8-4/h4-5,8H,1-3,6-7H2,(H,15,16);1-3,8H. The molecular formula is C19H18FNO5S. The lowest BCUT2D eigenvalue weighted by Crippen LogP contribution is -2.19. The summed E-state index contributed by atoms with van der Waals surface area (Å²) in [5, 5.41) is 8.51. The van der Waals surface area contributed by atoms with Gasteiger partial charge in [0, 0.05) is 12.0 Å². The number of nitrogens with one attached hydrogen (secondary N) is 1. The van der Waals surface area contributed by atoms with Crippen LogP contribution in [0.15, 0.2) is 41.3 Å². The van der Waals surface area contributed by atoms with Gasteiger partial charge in [-0.05, 0) is 54.7 Å². The number of sulfonamides is 1. The number of benzene rings is 2. The van der Waals surface area contributed by atoms with Gasteiger partial charge in [0.15, 0.2) is 5.78 Å². The number of anilines is 1. The summed E-state index contributed by atoms with van der Waals surface area (Å²) in [5.74, 6) is -1.69. The number of carboxylic acids is 1. The first-order valence-corrected chi connectivity index (χ1v) is 9.94. The zero-order valence-electron chi connectivity index (χ0n) is 14.4. The highest BCUT2D eigenvalue weighted by Gasteiger charge is 2.24. The Balaban J connectivity index is 0.000000166. The zero-order chi connectivity index (χ0) is 19.6. The fourth-order valence-electron chi connectivity index (χ4n) is 3.10. The van der Waals surface area contributed by atoms with Gasteiger partial charge in [-0.15, -0.1) is 0 Å². The Labute approximate surface area is 156 Å². The van der Waals surface area contributed by atoms with Gasteiger partial charge in [-0.3, -0.25) is 14.3 Å². The third-order valence-corrected chi connectivity index (χ3v) is 5.87. The number of carbonyl (C=O) groups is 2. The van der Waals surface area contributed by atoms with Gasteiger partial charge in [-0.2, -0.15) is 0 Å². The largest absolute Gasteiger partial charge is 0.481 e. The topological polar surface area (TPSA) is 101 Å². The lowest BCUT2D eigenvalue weighted by atomic mass is 10.0. The molecule has 1 aliphatic carbocycles. The van der Waals surface area contributed by atoms with Crippen molar-refractivity contribution in [2.45, 2.75) is 37.0 Å². The summed E-state index contributed by atoms with van der Waals surface area (Å²) >= 11 is 0. The molecule has 2 aromatic rings.